The van der Waals surface area contributed by atoms with Crippen molar-refractivity contribution in [1.29, 1.82) is 0 Å². The van der Waals surface area contributed by atoms with Gasteiger partial charge in [-0.25, -0.2) is 0 Å². The maximum Gasteiger partial charge on any atom is 0.279 e. The van der Waals surface area contributed by atoms with Gasteiger partial charge >= 0.3 is 0 Å². The lowest BCUT2D eigenvalue weighted by Crippen LogP contribution is -2.51. The van der Waals surface area contributed by atoms with Gasteiger partial charge in [0.25, 0.3) is 10.2 Å². The summed E-state index contributed by atoms with van der Waals surface area (Å²) in [7, 11) is -3.44. The number of hydrogen-bond acceptors (Lipinski definition) is 4. The maximum absolute atomic E-state index is 12.2. The van der Waals surface area contributed by atoms with Crippen LogP contribution in [0.1, 0.15) is 18.7 Å². The molecule has 1 aliphatic rings. The first-order valence-corrected chi connectivity index (χ1v) is 9.11. The second kappa shape index (κ2) is 6.19. The van der Waals surface area contributed by atoms with E-state index in [1.807, 2.05) is 25.3 Å². The molecule has 2 atom stereocenters. The predicted molar refractivity (Wildman–Crippen MR) is 79.4 cm³/mol. The van der Waals surface area contributed by atoms with Gasteiger partial charge in [0.15, 0.2) is 0 Å². The van der Waals surface area contributed by atoms with E-state index in [1.54, 1.807) is 0 Å². The van der Waals surface area contributed by atoms with Crippen LogP contribution in [0.5, 0.6) is 0 Å². The number of thiophene rings is 1. The molecule has 2 heterocycles. The summed E-state index contributed by atoms with van der Waals surface area (Å²) >= 11 is 4.87. The summed E-state index contributed by atoms with van der Waals surface area (Å²) in [5.41, 5.74) is 0. The number of halogens is 1. The zero-order valence-corrected chi connectivity index (χ0v) is 14.0. The van der Waals surface area contributed by atoms with E-state index in [4.69, 9.17) is 4.74 Å². The van der Waals surface area contributed by atoms with Gasteiger partial charge in [-0.1, -0.05) is 0 Å². The van der Waals surface area contributed by atoms with E-state index >= 15 is 0 Å². The van der Waals surface area contributed by atoms with Crippen LogP contribution in [-0.2, 0) is 21.5 Å². The number of nitrogens with zero attached hydrogens (tertiary/aromatic N) is 1. The molecule has 0 spiro atoms. The van der Waals surface area contributed by atoms with E-state index in [0.717, 1.165) is 9.35 Å². The maximum atomic E-state index is 12.2. The molecule has 2 unspecified atom stereocenters. The Bertz CT molecular complexity index is 522. The van der Waals surface area contributed by atoms with Crippen LogP contribution in [0.3, 0.4) is 0 Å². The molecule has 1 saturated heterocycles. The smallest absolute Gasteiger partial charge is 0.279 e. The minimum atomic E-state index is -3.44. The largest absolute Gasteiger partial charge is 0.373 e. The lowest BCUT2D eigenvalue weighted by Gasteiger charge is -2.34. The number of ether oxygens (including phenoxy) is 1. The van der Waals surface area contributed by atoms with Crippen molar-refractivity contribution in [1.82, 2.24) is 9.03 Å². The Labute approximate surface area is 126 Å². The molecule has 108 valence electrons. The predicted octanol–water partition coefficient (Wildman–Crippen LogP) is 1.95. The Morgan fingerprint density at radius 3 is 2.63 bits per heavy atom. The molecular formula is C11H17BrN2O3S2. The highest BCUT2D eigenvalue weighted by Crippen LogP contribution is 2.20. The Kier molecular flexibility index (Phi) is 5.02. The second-order valence-electron chi connectivity index (χ2n) is 4.63. The van der Waals surface area contributed by atoms with E-state index < -0.39 is 10.2 Å². The Hall–Kier alpha value is 0.01000. The Morgan fingerprint density at radius 1 is 1.47 bits per heavy atom. The van der Waals surface area contributed by atoms with Gasteiger partial charge < -0.3 is 4.74 Å². The van der Waals surface area contributed by atoms with E-state index in [1.165, 1.54) is 15.6 Å². The van der Waals surface area contributed by atoms with Crippen molar-refractivity contribution < 1.29 is 13.2 Å². The van der Waals surface area contributed by atoms with Crippen LogP contribution in [0.25, 0.3) is 0 Å². The third-order valence-corrected chi connectivity index (χ3v) is 5.96. The number of morpholine rings is 1. The fraction of sp³-hybridized carbons (Fsp3) is 0.636. The molecule has 0 radical (unpaired) electrons. The molecule has 1 N–H and O–H groups in total. The number of rotatable bonds is 4. The van der Waals surface area contributed by atoms with Crippen LogP contribution < -0.4 is 4.72 Å². The molecule has 2 rings (SSSR count). The molecule has 0 aliphatic carbocycles. The van der Waals surface area contributed by atoms with Crippen molar-refractivity contribution in [2.75, 3.05) is 13.1 Å². The summed E-state index contributed by atoms with van der Waals surface area (Å²) in [5.74, 6) is 0. The van der Waals surface area contributed by atoms with Crippen LogP contribution in [0, 0.1) is 0 Å². The zero-order valence-electron chi connectivity index (χ0n) is 10.8. The van der Waals surface area contributed by atoms with Crippen molar-refractivity contribution in [3.8, 4) is 0 Å². The molecule has 0 bridgehead atoms. The highest BCUT2D eigenvalue weighted by atomic mass is 79.9. The Morgan fingerprint density at radius 2 is 2.11 bits per heavy atom. The average Bonchev–Trinajstić information content (AvgIpc) is 2.71. The van der Waals surface area contributed by atoms with Gasteiger partial charge in [0.2, 0.25) is 0 Å². The molecule has 5 nitrogen and oxygen atoms in total. The van der Waals surface area contributed by atoms with Crippen molar-refractivity contribution in [3.05, 3.63) is 20.8 Å². The van der Waals surface area contributed by atoms with Gasteiger partial charge in [0.05, 0.1) is 12.2 Å². The topological polar surface area (TPSA) is 58.6 Å². The van der Waals surface area contributed by atoms with Crippen LogP contribution in [-0.4, -0.2) is 38.0 Å². The fourth-order valence-corrected chi connectivity index (χ4v) is 4.84. The van der Waals surface area contributed by atoms with Crippen molar-refractivity contribution in [3.63, 3.8) is 0 Å². The average molecular weight is 369 g/mol. The lowest BCUT2D eigenvalue weighted by molar-refractivity contribution is -0.0444. The first kappa shape index (κ1) is 15.4. The quantitative estimate of drug-likeness (QED) is 0.883. The molecule has 0 aromatic carbocycles. The third kappa shape index (κ3) is 4.24. The highest BCUT2D eigenvalue weighted by Gasteiger charge is 2.30. The zero-order chi connectivity index (χ0) is 14.0. The van der Waals surface area contributed by atoms with Crippen molar-refractivity contribution in [2.24, 2.45) is 0 Å². The van der Waals surface area contributed by atoms with Gasteiger partial charge in [0.1, 0.15) is 0 Å². The molecule has 1 fully saturated rings. The number of hydrogen-bond donors (Lipinski definition) is 1. The highest BCUT2D eigenvalue weighted by molar-refractivity contribution is 9.10. The summed E-state index contributed by atoms with van der Waals surface area (Å²) in [6, 6.07) is 1.91. The molecular weight excluding hydrogens is 352 g/mol. The van der Waals surface area contributed by atoms with Gasteiger partial charge in [-0.05, 0) is 35.8 Å². The monoisotopic (exact) mass is 368 g/mol. The van der Waals surface area contributed by atoms with Crippen LogP contribution in [0.2, 0.25) is 0 Å². The standard InChI is InChI=1S/C11H17BrN2O3S2/c1-8-5-14(6-9(2)17-8)19(15,16)13-4-11-3-10(12)7-18-11/h3,7-9,13H,4-6H2,1-2H3. The molecule has 19 heavy (non-hydrogen) atoms. The first-order valence-electron chi connectivity index (χ1n) is 6.00. The molecule has 1 aromatic rings. The molecule has 1 aliphatic heterocycles. The van der Waals surface area contributed by atoms with Crippen LogP contribution in [0.4, 0.5) is 0 Å². The van der Waals surface area contributed by atoms with E-state index in [0.29, 0.717) is 19.6 Å². The van der Waals surface area contributed by atoms with E-state index in [9.17, 15) is 8.42 Å². The van der Waals surface area contributed by atoms with Gasteiger partial charge in [-0.2, -0.15) is 17.4 Å². The van der Waals surface area contributed by atoms with Gasteiger partial charge in [-0.3, -0.25) is 0 Å². The van der Waals surface area contributed by atoms with E-state index in [2.05, 4.69) is 20.7 Å². The van der Waals surface area contributed by atoms with Crippen LogP contribution >= 0.6 is 27.3 Å². The van der Waals surface area contributed by atoms with Crippen LogP contribution in [0.15, 0.2) is 15.9 Å². The first-order chi connectivity index (χ1) is 8.87. The minimum absolute atomic E-state index is 0.0730. The molecule has 0 saturated carbocycles. The number of nitrogens with one attached hydrogen (secondary N) is 1. The summed E-state index contributed by atoms with van der Waals surface area (Å²) in [6.45, 7) is 4.88. The normalized spacial score (nSPS) is 25.6. The van der Waals surface area contributed by atoms with E-state index in [-0.39, 0.29) is 12.2 Å². The molecule has 8 heteroatoms. The van der Waals surface area contributed by atoms with Gasteiger partial charge in [0, 0.05) is 34.4 Å². The second-order valence-corrected chi connectivity index (χ2v) is 8.30. The third-order valence-electron chi connectivity index (χ3n) is 2.78. The minimum Gasteiger partial charge on any atom is -0.373 e. The summed E-state index contributed by atoms with van der Waals surface area (Å²) in [6.07, 6.45) is -0.146. The molecule has 0 amide bonds. The summed E-state index contributed by atoms with van der Waals surface area (Å²) in [4.78, 5) is 0.977. The SMILES string of the molecule is CC1CN(S(=O)(=O)NCc2cc(Br)cs2)CC(C)O1. The Balaban J connectivity index is 1.97. The summed E-state index contributed by atoms with van der Waals surface area (Å²) < 4.78 is 35.0. The van der Waals surface area contributed by atoms with Crippen molar-refractivity contribution >= 4 is 37.5 Å². The lowest BCUT2D eigenvalue weighted by atomic mass is 10.3. The molecule has 1 aromatic heterocycles. The van der Waals surface area contributed by atoms with Crippen molar-refractivity contribution in [2.45, 2.75) is 32.6 Å². The van der Waals surface area contributed by atoms with Gasteiger partial charge in [-0.15, -0.1) is 11.3 Å². The fourth-order valence-electron chi connectivity index (χ4n) is 2.03. The summed E-state index contributed by atoms with van der Waals surface area (Å²) in [5, 5.41) is 1.93.